The maximum atomic E-state index is 13.0. The van der Waals surface area contributed by atoms with E-state index in [9.17, 15) is 4.79 Å². The number of fused-ring (bicyclic) bond motifs is 1. The zero-order valence-corrected chi connectivity index (χ0v) is 22.5. The fraction of sp³-hybridized carbons (Fsp3) is 0.520. The van der Waals surface area contributed by atoms with Gasteiger partial charge in [0.15, 0.2) is 11.5 Å². The van der Waals surface area contributed by atoms with Crippen molar-refractivity contribution < 1.29 is 9.53 Å². The highest BCUT2D eigenvalue weighted by Gasteiger charge is 2.43. The molecule has 1 aromatic carbocycles. The van der Waals surface area contributed by atoms with E-state index in [2.05, 4.69) is 30.1 Å². The van der Waals surface area contributed by atoms with Crippen LogP contribution in [-0.4, -0.2) is 81.3 Å². The molecule has 0 spiro atoms. The van der Waals surface area contributed by atoms with Gasteiger partial charge < -0.3 is 31.0 Å². The number of halogens is 2. The van der Waals surface area contributed by atoms with Gasteiger partial charge in [0.2, 0.25) is 5.91 Å². The monoisotopic (exact) mass is 559 g/mol. The number of aromatic nitrogens is 4. The van der Waals surface area contributed by atoms with Crippen molar-refractivity contribution in [3.8, 4) is 0 Å². The molecule has 1 unspecified atom stereocenters. The molecule has 3 aliphatic rings. The van der Waals surface area contributed by atoms with Gasteiger partial charge in [-0.05, 0) is 30.9 Å². The van der Waals surface area contributed by atoms with Gasteiger partial charge in [0, 0.05) is 50.0 Å². The summed E-state index contributed by atoms with van der Waals surface area (Å²) in [6, 6.07) is 2.14. The standard InChI is InChI=1S/C25H31Cl2N9O2/c26-18-9-19(35-4-3-25(29,12-35)24(37)33-15-1-2-15)16(17(20(18)27)10-34-5-7-38-8-6-34)11-36-14-32-21-22(28)30-13-31-23(21)36/h9,13-15H,1-8,10-12,29H2,(H,33,37)(H2,28,30,31). The van der Waals surface area contributed by atoms with Crippen LogP contribution < -0.4 is 21.7 Å². The van der Waals surface area contributed by atoms with Crippen molar-refractivity contribution in [1.29, 1.82) is 0 Å². The predicted molar refractivity (Wildman–Crippen MR) is 146 cm³/mol. The minimum atomic E-state index is -0.972. The molecule has 1 saturated carbocycles. The van der Waals surface area contributed by atoms with E-state index in [1.807, 2.05) is 10.6 Å². The van der Waals surface area contributed by atoms with Gasteiger partial charge in [-0.15, -0.1) is 0 Å². The summed E-state index contributed by atoms with van der Waals surface area (Å²) >= 11 is 13.6. The lowest BCUT2D eigenvalue weighted by atomic mass is 9.98. The molecular formula is C25H31Cl2N9O2. The molecule has 38 heavy (non-hydrogen) atoms. The van der Waals surface area contributed by atoms with E-state index in [1.165, 1.54) is 6.33 Å². The fourth-order valence-electron chi connectivity index (χ4n) is 5.27. The van der Waals surface area contributed by atoms with E-state index in [0.29, 0.717) is 72.8 Å². The maximum Gasteiger partial charge on any atom is 0.242 e. The quantitative estimate of drug-likeness (QED) is 0.395. The van der Waals surface area contributed by atoms with Gasteiger partial charge in [-0.25, -0.2) is 15.0 Å². The number of anilines is 2. The second-order valence-electron chi connectivity index (χ2n) is 10.4. The fourth-order valence-corrected chi connectivity index (χ4v) is 5.72. The van der Waals surface area contributed by atoms with E-state index in [1.54, 1.807) is 6.33 Å². The van der Waals surface area contributed by atoms with Crippen molar-refractivity contribution in [2.24, 2.45) is 5.73 Å². The van der Waals surface area contributed by atoms with Crippen molar-refractivity contribution in [3.05, 3.63) is 39.9 Å². The number of nitrogen functional groups attached to an aromatic ring is 1. The van der Waals surface area contributed by atoms with Gasteiger partial charge in [-0.1, -0.05) is 23.2 Å². The summed E-state index contributed by atoms with van der Waals surface area (Å²) in [5.74, 6) is 0.233. The Hall–Kier alpha value is -2.70. The first-order valence-electron chi connectivity index (χ1n) is 12.9. The Balaban J connectivity index is 1.40. The first-order valence-corrected chi connectivity index (χ1v) is 13.6. The third-order valence-corrected chi connectivity index (χ3v) is 8.49. The topological polar surface area (TPSA) is 140 Å². The Morgan fingerprint density at radius 3 is 2.68 bits per heavy atom. The van der Waals surface area contributed by atoms with Crippen molar-refractivity contribution >= 4 is 51.8 Å². The Kier molecular flexibility index (Phi) is 6.81. The van der Waals surface area contributed by atoms with Crippen LogP contribution in [0.15, 0.2) is 18.7 Å². The molecule has 6 rings (SSSR count). The Morgan fingerprint density at radius 2 is 1.92 bits per heavy atom. The van der Waals surface area contributed by atoms with Gasteiger partial charge in [-0.2, -0.15) is 0 Å². The van der Waals surface area contributed by atoms with Gasteiger partial charge in [-0.3, -0.25) is 9.69 Å². The number of imidazole rings is 1. The largest absolute Gasteiger partial charge is 0.382 e. The Bertz CT molecular complexity index is 1370. The molecule has 2 aliphatic heterocycles. The zero-order chi connectivity index (χ0) is 26.4. The second-order valence-corrected chi connectivity index (χ2v) is 11.2. The summed E-state index contributed by atoms with van der Waals surface area (Å²) in [4.78, 5) is 30.4. The van der Waals surface area contributed by atoms with E-state index in [-0.39, 0.29) is 11.9 Å². The first kappa shape index (κ1) is 25.6. The molecule has 1 atom stereocenters. The molecule has 1 amide bonds. The molecule has 11 nitrogen and oxygen atoms in total. The number of nitrogens with two attached hydrogens (primary N) is 2. The number of hydrogen-bond acceptors (Lipinski definition) is 9. The van der Waals surface area contributed by atoms with Crippen molar-refractivity contribution in [2.45, 2.75) is 43.9 Å². The van der Waals surface area contributed by atoms with Crippen LogP contribution in [0.4, 0.5) is 11.5 Å². The van der Waals surface area contributed by atoms with Crippen LogP contribution in [0.5, 0.6) is 0 Å². The average Bonchev–Trinajstić information content (AvgIpc) is 3.48. The molecular weight excluding hydrogens is 529 g/mol. The summed E-state index contributed by atoms with van der Waals surface area (Å²) in [6.07, 6.45) is 5.71. The highest BCUT2D eigenvalue weighted by molar-refractivity contribution is 6.42. The SMILES string of the molecule is Nc1ncnc2c1ncn2Cc1c(N2CCC(N)(C(=O)NC3CC3)C2)cc(Cl)c(Cl)c1CN1CCOCC1. The molecule has 4 heterocycles. The minimum Gasteiger partial charge on any atom is -0.382 e. The molecule has 3 aromatic rings. The molecule has 5 N–H and O–H groups in total. The number of amides is 1. The molecule has 202 valence electrons. The van der Waals surface area contributed by atoms with Crippen molar-refractivity contribution in [1.82, 2.24) is 29.7 Å². The molecule has 3 fully saturated rings. The van der Waals surface area contributed by atoms with Crippen molar-refractivity contribution in [2.75, 3.05) is 50.0 Å². The predicted octanol–water partition coefficient (Wildman–Crippen LogP) is 1.78. The van der Waals surface area contributed by atoms with E-state index in [4.69, 9.17) is 39.4 Å². The number of ether oxygens (including phenoxy) is 1. The highest BCUT2D eigenvalue weighted by atomic mass is 35.5. The van der Waals surface area contributed by atoms with E-state index >= 15 is 0 Å². The number of morpholine rings is 1. The Morgan fingerprint density at radius 1 is 1.13 bits per heavy atom. The molecule has 0 bridgehead atoms. The third kappa shape index (κ3) is 4.89. The van der Waals surface area contributed by atoms with Gasteiger partial charge in [0.1, 0.15) is 17.4 Å². The molecule has 2 aromatic heterocycles. The molecule has 13 heteroatoms. The van der Waals surface area contributed by atoms with Crippen LogP contribution in [0.25, 0.3) is 11.2 Å². The number of rotatable bonds is 7. The number of carbonyl (C=O) groups excluding carboxylic acids is 1. The lowest BCUT2D eigenvalue weighted by Gasteiger charge is -2.31. The second kappa shape index (κ2) is 10.1. The molecule has 2 saturated heterocycles. The number of nitrogens with one attached hydrogen (secondary N) is 1. The molecule has 0 radical (unpaired) electrons. The third-order valence-electron chi connectivity index (χ3n) is 7.66. The normalized spacial score (nSPS) is 22.3. The molecule has 1 aliphatic carbocycles. The summed E-state index contributed by atoms with van der Waals surface area (Å²) in [5.41, 5.74) is 15.7. The lowest BCUT2D eigenvalue weighted by molar-refractivity contribution is -0.125. The van der Waals surface area contributed by atoms with E-state index < -0.39 is 5.54 Å². The summed E-state index contributed by atoms with van der Waals surface area (Å²) < 4.78 is 7.48. The highest BCUT2D eigenvalue weighted by Crippen LogP contribution is 2.40. The van der Waals surface area contributed by atoms with Crippen LogP contribution in [-0.2, 0) is 22.6 Å². The van der Waals surface area contributed by atoms with Crippen LogP contribution in [0.1, 0.15) is 30.4 Å². The van der Waals surface area contributed by atoms with Gasteiger partial charge >= 0.3 is 0 Å². The summed E-state index contributed by atoms with van der Waals surface area (Å²) in [5, 5.41) is 4.06. The van der Waals surface area contributed by atoms with Gasteiger partial charge in [0.25, 0.3) is 0 Å². The van der Waals surface area contributed by atoms with Crippen LogP contribution in [0.3, 0.4) is 0 Å². The minimum absolute atomic E-state index is 0.0922. The van der Waals surface area contributed by atoms with Crippen LogP contribution in [0, 0.1) is 0 Å². The number of carbonyl (C=O) groups is 1. The zero-order valence-electron chi connectivity index (χ0n) is 21.0. The van der Waals surface area contributed by atoms with Crippen molar-refractivity contribution in [3.63, 3.8) is 0 Å². The average molecular weight is 560 g/mol. The first-order chi connectivity index (χ1) is 18.3. The number of benzene rings is 1. The van der Waals surface area contributed by atoms with Gasteiger partial charge in [0.05, 0.1) is 36.1 Å². The Labute approximate surface area is 230 Å². The lowest BCUT2D eigenvalue weighted by Crippen LogP contribution is -2.56. The summed E-state index contributed by atoms with van der Waals surface area (Å²) in [6.45, 7) is 4.98. The van der Waals surface area contributed by atoms with Crippen LogP contribution >= 0.6 is 23.2 Å². The van der Waals surface area contributed by atoms with Crippen LogP contribution in [0.2, 0.25) is 10.0 Å². The number of nitrogens with zero attached hydrogens (tertiary/aromatic N) is 6. The van der Waals surface area contributed by atoms with E-state index in [0.717, 1.165) is 42.7 Å². The smallest absolute Gasteiger partial charge is 0.242 e. The summed E-state index contributed by atoms with van der Waals surface area (Å²) in [7, 11) is 0. The number of hydrogen-bond donors (Lipinski definition) is 3. The maximum absolute atomic E-state index is 13.0.